The van der Waals surface area contributed by atoms with Crippen LogP contribution in [0.15, 0.2) is 24.4 Å². The molecule has 0 spiro atoms. The van der Waals surface area contributed by atoms with Gasteiger partial charge in [0.1, 0.15) is 5.75 Å². The molecular formula is C12H13N3O. The quantitative estimate of drug-likeness (QED) is 0.772. The summed E-state index contributed by atoms with van der Waals surface area (Å²) in [5, 5.41) is 10.9. The molecule has 0 saturated heterocycles. The first-order chi connectivity index (χ1) is 7.66. The van der Waals surface area contributed by atoms with Crippen LogP contribution in [0.1, 0.15) is 16.7 Å². The van der Waals surface area contributed by atoms with Gasteiger partial charge in [0.2, 0.25) is 5.88 Å². The predicted octanol–water partition coefficient (Wildman–Crippen LogP) is 2.59. The molecule has 4 nitrogen and oxygen atoms in total. The van der Waals surface area contributed by atoms with Gasteiger partial charge < -0.3 is 4.74 Å². The fourth-order valence-electron chi connectivity index (χ4n) is 1.72. The van der Waals surface area contributed by atoms with E-state index in [1.807, 2.05) is 13.8 Å². The first-order valence-electron chi connectivity index (χ1n) is 5.07. The van der Waals surface area contributed by atoms with E-state index in [0.717, 1.165) is 16.9 Å². The van der Waals surface area contributed by atoms with Crippen LogP contribution in [-0.4, -0.2) is 15.4 Å². The maximum Gasteiger partial charge on any atom is 0.242 e. The molecule has 0 unspecified atom stereocenters. The highest BCUT2D eigenvalue weighted by molar-refractivity contribution is 5.44. The lowest BCUT2D eigenvalue weighted by molar-refractivity contribution is 0.444. The van der Waals surface area contributed by atoms with Crippen LogP contribution in [0.2, 0.25) is 0 Å². The first-order valence-corrected chi connectivity index (χ1v) is 5.07. The van der Waals surface area contributed by atoms with Gasteiger partial charge in [-0.15, -0.1) is 5.10 Å². The van der Waals surface area contributed by atoms with E-state index in [2.05, 4.69) is 34.5 Å². The highest BCUT2D eigenvalue weighted by Gasteiger charge is 2.07. The predicted molar refractivity (Wildman–Crippen MR) is 60.6 cm³/mol. The molecule has 4 heteroatoms. The summed E-state index contributed by atoms with van der Waals surface area (Å²) in [6, 6.07) is 5.85. The van der Waals surface area contributed by atoms with Crippen molar-refractivity contribution < 1.29 is 4.74 Å². The molecule has 2 rings (SSSR count). The molecule has 0 aliphatic heterocycles. The maximum absolute atomic E-state index is 5.68. The Balaban J connectivity index is 2.35. The summed E-state index contributed by atoms with van der Waals surface area (Å²) >= 11 is 0. The molecule has 1 aromatic heterocycles. The van der Waals surface area contributed by atoms with Crippen molar-refractivity contribution in [1.29, 1.82) is 0 Å². The highest BCUT2D eigenvalue weighted by Crippen LogP contribution is 2.28. The summed E-state index contributed by atoms with van der Waals surface area (Å²) in [6.45, 7) is 6.10. The second kappa shape index (κ2) is 4.26. The topological polar surface area (TPSA) is 47.9 Å². The van der Waals surface area contributed by atoms with Gasteiger partial charge in [0.15, 0.2) is 0 Å². The number of hydrogen-bond donors (Lipinski definition) is 0. The molecule has 1 heterocycles. The highest BCUT2D eigenvalue weighted by atomic mass is 16.5. The molecule has 0 amide bonds. The van der Waals surface area contributed by atoms with Crippen molar-refractivity contribution in [2.45, 2.75) is 20.8 Å². The minimum absolute atomic E-state index is 0.463. The van der Waals surface area contributed by atoms with Crippen LogP contribution in [0.25, 0.3) is 0 Å². The Hall–Kier alpha value is -1.97. The third kappa shape index (κ3) is 2.16. The lowest BCUT2D eigenvalue weighted by atomic mass is 10.1. The summed E-state index contributed by atoms with van der Waals surface area (Å²) in [5.74, 6) is 1.30. The standard InChI is InChI=1S/C12H13N3O/c1-8-6-9(2)12(10(3)7-8)16-11-4-5-13-15-14-11/h4-7H,1-3H3. The third-order valence-corrected chi connectivity index (χ3v) is 2.29. The van der Waals surface area contributed by atoms with Crippen molar-refractivity contribution in [1.82, 2.24) is 15.4 Å². The monoisotopic (exact) mass is 215 g/mol. The molecule has 82 valence electrons. The molecule has 0 radical (unpaired) electrons. The van der Waals surface area contributed by atoms with Crippen LogP contribution in [0.5, 0.6) is 11.6 Å². The molecule has 0 N–H and O–H groups in total. The Morgan fingerprint density at radius 2 is 1.75 bits per heavy atom. The zero-order valence-electron chi connectivity index (χ0n) is 9.56. The van der Waals surface area contributed by atoms with Crippen molar-refractivity contribution in [3.63, 3.8) is 0 Å². The number of benzene rings is 1. The van der Waals surface area contributed by atoms with Crippen LogP contribution in [0, 0.1) is 20.8 Å². The van der Waals surface area contributed by atoms with Crippen LogP contribution < -0.4 is 4.74 Å². The summed E-state index contributed by atoms with van der Waals surface area (Å²) in [5.41, 5.74) is 3.41. The number of aromatic nitrogens is 3. The van der Waals surface area contributed by atoms with E-state index in [1.165, 1.54) is 5.56 Å². The van der Waals surface area contributed by atoms with Crippen LogP contribution in [0.3, 0.4) is 0 Å². The largest absolute Gasteiger partial charge is 0.437 e. The van der Waals surface area contributed by atoms with E-state index >= 15 is 0 Å². The average molecular weight is 215 g/mol. The average Bonchev–Trinajstić information content (AvgIpc) is 2.25. The molecule has 0 atom stereocenters. The fourth-order valence-corrected chi connectivity index (χ4v) is 1.72. The number of nitrogens with zero attached hydrogens (tertiary/aromatic N) is 3. The smallest absolute Gasteiger partial charge is 0.242 e. The van der Waals surface area contributed by atoms with Gasteiger partial charge in [-0.25, -0.2) is 0 Å². The maximum atomic E-state index is 5.68. The van der Waals surface area contributed by atoms with E-state index in [9.17, 15) is 0 Å². The minimum atomic E-state index is 0.463. The first kappa shape index (κ1) is 10.5. The lowest BCUT2D eigenvalue weighted by Crippen LogP contribution is -1.95. The zero-order chi connectivity index (χ0) is 11.5. The molecule has 0 fully saturated rings. The summed E-state index contributed by atoms with van der Waals surface area (Å²) in [4.78, 5) is 0. The number of ether oxygens (including phenoxy) is 1. The van der Waals surface area contributed by atoms with Gasteiger partial charge in [0.25, 0.3) is 0 Å². The molecular weight excluding hydrogens is 202 g/mol. The van der Waals surface area contributed by atoms with Gasteiger partial charge in [-0.1, -0.05) is 22.8 Å². The molecule has 16 heavy (non-hydrogen) atoms. The number of rotatable bonds is 2. The Morgan fingerprint density at radius 3 is 2.31 bits per heavy atom. The van der Waals surface area contributed by atoms with E-state index in [4.69, 9.17) is 4.74 Å². The molecule has 1 aromatic carbocycles. The van der Waals surface area contributed by atoms with E-state index in [0.29, 0.717) is 5.88 Å². The van der Waals surface area contributed by atoms with E-state index in [-0.39, 0.29) is 0 Å². The molecule has 2 aromatic rings. The van der Waals surface area contributed by atoms with Crippen molar-refractivity contribution in [3.05, 3.63) is 41.1 Å². The van der Waals surface area contributed by atoms with Crippen molar-refractivity contribution in [3.8, 4) is 11.6 Å². The fraction of sp³-hybridized carbons (Fsp3) is 0.250. The SMILES string of the molecule is Cc1cc(C)c(Oc2ccnnn2)c(C)c1. The second-order valence-corrected chi connectivity index (χ2v) is 3.79. The summed E-state index contributed by atoms with van der Waals surface area (Å²) in [7, 11) is 0. The van der Waals surface area contributed by atoms with Gasteiger partial charge in [-0.3, -0.25) is 0 Å². The van der Waals surface area contributed by atoms with Crippen LogP contribution >= 0.6 is 0 Å². The number of aryl methyl sites for hydroxylation is 3. The third-order valence-electron chi connectivity index (χ3n) is 2.29. The summed E-state index contributed by atoms with van der Waals surface area (Å²) < 4.78 is 5.68. The molecule has 0 saturated carbocycles. The Labute approximate surface area is 94.3 Å². The van der Waals surface area contributed by atoms with E-state index in [1.54, 1.807) is 12.3 Å². The van der Waals surface area contributed by atoms with Crippen molar-refractivity contribution in [2.75, 3.05) is 0 Å². The second-order valence-electron chi connectivity index (χ2n) is 3.79. The lowest BCUT2D eigenvalue weighted by Gasteiger charge is -2.11. The zero-order valence-corrected chi connectivity index (χ0v) is 9.56. The molecule has 0 bridgehead atoms. The normalized spacial score (nSPS) is 10.2. The Bertz CT molecular complexity index is 474. The Morgan fingerprint density at radius 1 is 1.06 bits per heavy atom. The minimum Gasteiger partial charge on any atom is -0.437 e. The molecule has 0 aliphatic carbocycles. The van der Waals surface area contributed by atoms with Crippen molar-refractivity contribution >= 4 is 0 Å². The van der Waals surface area contributed by atoms with Gasteiger partial charge >= 0.3 is 0 Å². The van der Waals surface area contributed by atoms with E-state index < -0.39 is 0 Å². The van der Waals surface area contributed by atoms with Gasteiger partial charge in [-0.05, 0) is 37.1 Å². The molecule has 0 aliphatic rings. The van der Waals surface area contributed by atoms with Gasteiger partial charge in [0, 0.05) is 6.07 Å². The van der Waals surface area contributed by atoms with Gasteiger partial charge in [0.05, 0.1) is 6.20 Å². The number of hydrogen-bond acceptors (Lipinski definition) is 4. The van der Waals surface area contributed by atoms with Gasteiger partial charge in [-0.2, -0.15) is 0 Å². The summed E-state index contributed by atoms with van der Waals surface area (Å²) in [6.07, 6.45) is 1.56. The van der Waals surface area contributed by atoms with Crippen molar-refractivity contribution in [2.24, 2.45) is 0 Å². The van der Waals surface area contributed by atoms with Crippen LogP contribution in [0.4, 0.5) is 0 Å². The van der Waals surface area contributed by atoms with Crippen LogP contribution in [-0.2, 0) is 0 Å². The Kier molecular flexibility index (Phi) is 2.81.